The van der Waals surface area contributed by atoms with Crippen LogP contribution >= 0.6 is 22.9 Å². The van der Waals surface area contributed by atoms with Gasteiger partial charge in [0.1, 0.15) is 11.4 Å². The number of halogens is 3. The van der Waals surface area contributed by atoms with Crippen molar-refractivity contribution < 1.29 is 13.6 Å². The number of para-hydroxylation sites is 1. The number of anilines is 1. The third-order valence-corrected chi connectivity index (χ3v) is 6.17. The molecule has 4 aromatic rings. The van der Waals surface area contributed by atoms with Gasteiger partial charge in [-0.05, 0) is 57.5 Å². The lowest BCUT2D eigenvalue weighted by molar-refractivity contribution is 0.100. The van der Waals surface area contributed by atoms with Crippen LogP contribution in [0.5, 0.6) is 0 Å². The van der Waals surface area contributed by atoms with Gasteiger partial charge in [0.15, 0.2) is 5.13 Å². The highest BCUT2D eigenvalue weighted by Gasteiger charge is 2.29. The minimum atomic E-state index is -2.95. The van der Waals surface area contributed by atoms with E-state index in [2.05, 4.69) is 20.4 Å². The lowest BCUT2D eigenvalue weighted by Gasteiger charge is -2.10. The maximum atomic E-state index is 14.1. The third kappa shape index (κ3) is 4.51. The number of pyridine rings is 1. The number of rotatable bonds is 5. The SMILES string of the molecule is Cc1cc(C)nc(-c2nc(NC(=O)c3c(C)nn(-c4ccccc4Cl)c3C(F)F)sc2C)c1. The Balaban J connectivity index is 1.71. The number of nitrogens with zero attached hydrogens (tertiary/aromatic N) is 4. The Morgan fingerprint density at radius 1 is 1.12 bits per heavy atom. The molecule has 0 bridgehead atoms. The number of carbonyl (C=O) groups excluding carboxylic acids is 1. The van der Waals surface area contributed by atoms with Gasteiger partial charge in [0, 0.05) is 10.6 Å². The van der Waals surface area contributed by atoms with E-state index >= 15 is 0 Å². The lowest BCUT2D eigenvalue weighted by Crippen LogP contribution is -2.15. The van der Waals surface area contributed by atoms with Gasteiger partial charge in [-0.25, -0.2) is 18.4 Å². The molecule has 0 spiro atoms. The molecule has 0 aliphatic heterocycles. The molecular weight excluding hydrogens is 468 g/mol. The normalized spacial score (nSPS) is 11.3. The van der Waals surface area contributed by atoms with Crippen molar-refractivity contribution in [3.63, 3.8) is 0 Å². The largest absolute Gasteiger partial charge is 0.298 e. The zero-order chi connectivity index (χ0) is 23.9. The molecule has 0 radical (unpaired) electrons. The fourth-order valence-electron chi connectivity index (χ4n) is 3.64. The number of hydrogen-bond acceptors (Lipinski definition) is 5. The molecule has 1 aromatic carbocycles. The van der Waals surface area contributed by atoms with Gasteiger partial charge in [-0.2, -0.15) is 5.10 Å². The second-order valence-corrected chi connectivity index (χ2v) is 9.17. The number of carbonyl (C=O) groups is 1. The summed E-state index contributed by atoms with van der Waals surface area (Å²) in [7, 11) is 0. The molecule has 0 fully saturated rings. The van der Waals surface area contributed by atoms with Gasteiger partial charge >= 0.3 is 0 Å². The van der Waals surface area contributed by atoms with E-state index in [1.54, 1.807) is 24.3 Å². The van der Waals surface area contributed by atoms with E-state index in [1.807, 2.05) is 32.9 Å². The van der Waals surface area contributed by atoms with Crippen molar-refractivity contribution in [2.24, 2.45) is 0 Å². The van der Waals surface area contributed by atoms with E-state index in [-0.39, 0.29) is 22.0 Å². The Bertz CT molecular complexity index is 1340. The summed E-state index contributed by atoms with van der Waals surface area (Å²) < 4.78 is 29.2. The molecule has 4 rings (SSSR count). The molecule has 1 N–H and O–H groups in total. The Morgan fingerprint density at radius 2 is 1.85 bits per heavy atom. The molecule has 0 aliphatic rings. The Hall–Kier alpha value is -3.17. The Kier molecular flexibility index (Phi) is 6.27. The highest BCUT2D eigenvalue weighted by atomic mass is 35.5. The van der Waals surface area contributed by atoms with Crippen molar-refractivity contribution in [1.82, 2.24) is 19.7 Å². The van der Waals surface area contributed by atoms with Gasteiger partial charge in [0.2, 0.25) is 0 Å². The summed E-state index contributed by atoms with van der Waals surface area (Å²) >= 11 is 7.44. The number of benzene rings is 1. The van der Waals surface area contributed by atoms with Crippen molar-refractivity contribution in [1.29, 1.82) is 0 Å². The van der Waals surface area contributed by atoms with Crippen molar-refractivity contribution in [2.45, 2.75) is 34.1 Å². The minimum Gasteiger partial charge on any atom is -0.298 e. The topological polar surface area (TPSA) is 72.7 Å². The molecule has 3 aromatic heterocycles. The number of amides is 1. The van der Waals surface area contributed by atoms with Gasteiger partial charge in [0.05, 0.1) is 27.7 Å². The number of hydrogen-bond donors (Lipinski definition) is 1. The maximum Gasteiger partial charge on any atom is 0.281 e. The van der Waals surface area contributed by atoms with Crippen LogP contribution in [0, 0.1) is 27.7 Å². The number of aryl methyl sites for hydroxylation is 4. The smallest absolute Gasteiger partial charge is 0.281 e. The predicted molar refractivity (Wildman–Crippen MR) is 126 cm³/mol. The van der Waals surface area contributed by atoms with Crippen LogP contribution in [-0.4, -0.2) is 25.7 Å². The van der Waals surface area contributed by atoms with Crippen LogP contribution in [-0.2, 0) is 0 Å². The van der Waals surface area contributed by atoms with Crippen molar-refractivity contribution >= 4 is 34.0 Å². The summed E-state index contributed by atoms with van der Waals surface area (Å²) in [5.74, 6) is -0.713. The molecule has 0 saturated carbocycles. The van der Waals surface area contributed by atoms with Crippen molar-refractivity contribution in [2.75, 3.05) is 5.32 Å². The van der Waals surface area contributed by atoms with E-state index < -0.39 is 18.0 Å². The maximum absolute atomic E-state index is 14.1. The first-order chi connectivity index (χ1) is 15.7. The molecule has 0 saturated heterocycles. The van der Waals surface area contributed by atoms with Gasteiger partial charge in [-0.1, -0.05) is 23.7 Å². The van der Waals surface area contributed by atoms with Crippen LogP contribution in [0.2, 0.25) is 5.02 Å². The molecule has 10 heteroatoms. The average Bonchev–Trinajstić information content (AvgIpc) is 3.27. The molecule has 0 aliphatic carbocycles. The monoisotopic (exact) mass is 487 g/mol. The van der Waals surface area contributed by atoms with E-state index in [9.17, 15) is 13.6 Å². The van der Waals surface area contributed by atoms with Gasteiger partial charge < -0.3 is 0 Å². The highest BCUT2D eigenvalue weighted by Crippen LogP contribution is 2.33. The van der Waals surface area contributed by atoms with Crippen LogP contribution < -0.4 is 5.32 Å². The first-order valence-electron chi connectivity index (χ1n) is 10.0. The fraction of sp³-hybridized carbons (Fsp3) is 0.217. The van der Waals surface area contributed by atoms with Gasteiger partial charge in [0.25, 0.3) is 12.3 Å². The summed E-state index contributed by atoms with van der Waals surface area (Å²) in [4.78, 5) is 22.9. The molecule has 0 atom stereocenters. The van der Waals surface area contributed by atoms with E-state index in [0.717, 1.165) is 20.8 Å². The summed E-state index contributed by atoms with van der Waals surface area (Å²) in [6, 6.07) is 10.4. The minimum absolute atomic E-state index is 0.159. The van der Waals surface area contributed by atoms with E-state index in [1.165, 1.54) is 18.3 Å². The molecule has 6 nitrogen and oxygen atoms in total. The molecule has 3 heterocycles. The molecule has 0 unspecified atom stereocenters. The number of nitrogens with one attached hydrogen (secondary N) is 1. The predicted octanol–water partition coefficient (Wildman–Crippen LogP) is 6.47. The van der Waals surface area contributed by atoms with Crippen LogP contribution in [0.1, 0.15) is 44.3 Å². The average molecular weight is 488 g/mol. The second kappa shape index (κ2) is 8.99. The Labute approximate surface area is 198 Å². The number of thiazole rings is 1. The standard InChI is InChI=1S/C23H20ClF2N5OS/c1-11-9-12(2)27-16(10-11)19-14(4)33-23(28-19)29-22(32)18-13(3)30-31(20(18)21(25)26)17-8-6-5-7-15(17)24/h5-10,21H,1-4H3,(H,28,29,32). The van der Waals surface area contributed by atoms with Crippen LogP contribution in [0.25, 0.3) is 17.1 Å². The molecule has 1 amide bonds. The molecule has 170 valence electrons. The van der Waals surface area contributed by atoms with E-state index in [4.69, 9.17) is 11.6 Å². The summed E-state index contributed by atoms with van der Waals surface area (Å²) in [6.07, 6.45) is -2.95. The van der Waals surface area contributed by atoms with Gasteiger partial charge in [-0.3, -0.25) is 15.1 Å². The number of alkyl halides is 2. The number of aromatic nitrogens is 4. The summed E-state index contributed by atoms with van der Waals surface area (Å²) in [6.45, 7) is 7.24. The first kappa shape index (κ1) is 23.0. The van der Waals surface area contributed by atoms with Crippen molar-refractivity contribution in [3.8, 4) is 17.1 Å². The first-order valence-corrected chi connectivity index (χ1v) is 11.2. The van der Waals surface area contributed by atoms with Crippen molar-refractivity contribution in [3.05, 3.63) is 74.5 Å². The summed E-state index contributed by atoms with van der Waals surface area (Å²) in [5.41, 5.74) is 2.92. The fourth-order valence-corrected chi connectivity index (χ4v) is 4.68. The third-order valence-electron chi connectivity index (χ3n) is 4.97. The second-order valence-electron chi connectivity index (χ2n) is 7.56. The van der Waals surface area contributed by atoms with E-state index in [0.29, 0.717) is 16.5 Å². The molecular formula is C23H20ClF2N5OS. The quantitative estimate of drug-likeness (QED) is 0.350. The zero-order valence-electron chi connectivity index (χ0n) is 18.3. The zero-order valence-corrected chi connectivity index (χ0v) is 19.9. The molecule has 33 heavy (non-hydrogen) atoms. The lowest BCUT2D eigenvalue weighted by atomic mass is 10.1. The van der Waals surface area contributed by atoms with Crippen LogP contribution in [0.3, 0.4) is 0 Å². The van der Waals surface area contributed by atoms with Gasteiger partial charge in [-0.15, -0.1) is 11.3 Å². The van der Waals surface area contributed by atoms with Crippen LogP contribution in [0.15, 0.2) is 36.4 Å². The highest BCUT2D eigenvalue weighted by molar-refractivity contribution is 7.16. The summed E-state index contributed by atoms with van der Waals surface area (Å²) in [5, 5.41) is 7.37. The van der Waals surface area contributed by atoms with Crippen LogP contribution in [0.4, 0.5) is 13.9 Å². The Morgan fingerprint density at radius 3 is 2.52 bits per heavy atom.